The van der Waals surface area contributed by atoms with Crippen LogP contribution in [0.15, 0.2) is 24.3 Å². The molecule has 0 unspecified atom stereocenters. The van der Waals surface area contributed by atoms with E-state index in [9.17, 15) is 0 Å². The molecule has 2 nitrogen and oxygen atoms in total. The summed E-state index contributed by atoms with van der Waals surface area (Å²) in [6.07, 6.45) is 1.82. The summed E-state index contributed by atoms with van der Waals surface area (Å²) in [5.74, 6) is 0. The Morgan fingerprint density at radius 1 is 1.38 bits per heavy atom. The van der Waals surface area contributed by atoms with E-state index in [4.69, 9.17) is 16.9 Å². The van der Waals surface area contributed by atoms with Crippen LogP contribution in [0.1, 0.15) is 12.8 Å². The summed E-state index contributed by atoms with van der Waals surface area (Å²) < 4.78 is 0. The molecule has 1 aromatic rings. The van der Waals surface area contributed by atoms with Gasteiger partial charge in [-0.3, -0.25) is 0 Å². The quantitative estimate of drug-likeness (QED) is 0.782. The van der Waals surface area contributed by atoms with Gasteiger partial charge >= 0.3 is 0 Å². The van der Waals surface area contributed by atoms with Crippen LogP contribution in [0.3, 0.4) is 0 Å². The Kier molecular flexibility index (Phi) is 1.90. The summed E-state index contributed by atoms with van der Waals surface area (Å²) in [5, 5.41) is 12.7. The minimum Gasteiger partial charge on any atom is -0.366 e. The number of benzene rings is 1. The van der Waals surface area contributed by atoms with E-state index in [-0.39, 0.29) is 5.54 Å². The largest absolute Gasteiger partial charge is 0.366 e. The third-order valence-corrected chi connectivity index (χ3v) is 2.54. The number of para-hydroxylation sites is 1. The molecule has 1 fully saturated rings. The fraction of sp³-hybridized carbons (Fsp3) is 0.300. The van der Waals surface area contributed by atoms with Crippen molar-refractivity contribution in [2.75, 3.05) is 5.32 Å². The second-order valence-electron chi connectivity index (χ2n) is 3.30. The molecule has 0 spiro atoms. The Morgan fingerprint density at radius 3 is 2.62 bits per heavy atom. The van der Waals surface area contributed by atoms with Crippen molar-refractivity contribution in [2.45, 2.75) is 18.4 Å². The third-order valence-electron chi connectivity index (χ3n) is 2.21. The number of nitrogens with one attached hydrogen (secondary N) is 1. The van der Waals surface area contributed by atoms with E-state index in [1.54, 1.807) is 0 Å². The van der Waals surface area contributed by atoms with E-state index < -0.39 is 0 Å². The molecule has 3 heteroatoms. The monoisotopic (exact) mass is 192 g/mol. The third kappa shape index (κ3) is 1.61. The molecule has 0 atom stereocenters. The second kappa shape index (κ2) is 2.93. The predicted octanol–water partition coefficient (Wildman–Crippen LogP) is 2.81. The van der Waals surface area contributed by atoms with Gasteiger partial charge in [0.05, 0.1) is 16.8 Å². The Morgan fingerprint density at radius 2 is 2.08 bits per heavy atom. The molecule has 66 valence electrons. The van der Waals surface area contributed by atoms with Gasteiger partial charge in [0.25, 0.3) is 0 Å². The molecular formula is C10H9ClN2. The normalized spacial score (nSPS) is 17.5. The van der Waals surface area contributed by atoms with Crippen molar-refractivity contribution >= 4 is 17.3 Å². The first-order valence-electron chi connectivity index (χ1n) is 4.20. The number of rotatable bonds is 2. The first kappa shape index (κ1) is 8.40. The number of hydrogen-bond acceptors (Lipinski definition) is 2. The highest BCUT2D eigenvalue weighted by molar-refractivity contribution is 6.33. The van der Waals surface area contributed by atoms with Crippen molar-refractivity contribution in [3.8, 4) is 6.07 Å². The van der Waals surface area contributed by atoms with Gasteiger partial charge in [-0.2, -0.15) is 5.26 Å². The molecular weight excluding hydrogens is 184 g/mol. The average Bonchev–Trinajstić information content (AvgIpc) is 2.90. The Hall–Kier alpha value is -1.20. The smallest absolute Gasteiger partial charge is 0.125 e. The van der Waals surface area contributed by atoms with Gasteiger partial charge in [0.2, 0.25) is 0 Å². The van der Waals surface area contributed by atoms with Crippen molar-refractivity contribution in [1.29, 1.82) is 5.26 Å². The van der Waals surface area contributed by atoms with Crippen LogP contribution in [0.2, 0.25) is 5.02 Å². The average molecular weight is 193 g/mol. The van der Waals surface area contributed by atoms with Gasteiger partial charge < -0.3 is 5.32 Å². The van der Waals surface area contributed by atoms with Crippen LogP contribution in [-0.2, 0) is 0 Å². The van der Waals surface area contributed by atoms with E-state index >= 15 is 0 Å². The zero-order valence-electron chi connectivity index (χ0n) is 7.05. The lowest BCUT2D eigenvalue weighted by molar-refractivity contribution is 0.946. The van der Waals surface area contributed by atoms with E-state index in [2.05, 4.69) is 11.4 Å². The molecule has 0 radical (unpaired) electrons. The maximum atomic E-state index is 8.85. The first-order valence-corrected chi connectivity index (χ1v) is 4.58. The van der Waals surface area contributed by atoms with Gasteiger partial charge in [-0.1, -0.05) is 23.7 Å². The van der Waals surface area contributed by atoms with E-state index in [0.29, 0.717) is 5.02 Å². The molecule has 0 bridgehead atoms. The summed E-state index contributed by atoms with van der Waals surface area (Å²) in [6.45, 7) is 0. The van der Waals surface area contributed by atoms with E-state index in [0.717, 1.165) is 18.5 Å². The SMILES string of the molecule is N#CC1(Nc2ccccc2Cl)CC1. The Bertz CT molecular complexity index is 363. The van der Waals surface area contributed by atoms with Crippen LogP contribution >= 0.6 is 11.6 Å². The van der Waals surface area contributed by atoms with E-state index in [1.165, 1.54) is 0 Å². The predicted molar refractivity (Wildman–Crippen MR) is 52.7 cm³/mol. The van der Waals surface area contributed by atoms with Crippen molar-refractivity contribution < 1.29 is 0 Å². The molecule has 0 saturated heterocycles. The molecule has 0 heterocycles. The first-order chi connectivity index (χ1) is 6.26. The molecule has 1 N–H and O–H groups in total. The van der Waals surface area contributed by atoms with Crippen LogP contribution in [0.4, 0.5) is 5.69 Å². The number of anilines is 1. The van der Waals surface area contributed by atoms with Crippen LogP contribution in [0.5, 0.6) is 0 Å². The zero-order valence-corrected chi connectivity index (χ0v) is 7.80. The zero-order chi connectivity index (χ0) is 9.31. The highest BCUT2D eigenvalue weighted by Crippen LogP contribution is 2.39. The molecule has 1 aliphatic carbocycles. The van der Waals surface area contributed by atoms with Gasteiger partial charge in [-0.15, -0.1) is 0 Å². The molecule has 13 heavy (non-hydrogen) atoms. The molecule has 0 amide bonds. The summed E-state index contributed by atoms with van der Waals surface area (Å²) in [5.41, 5.74) is 0.508. The molecule has 2 rings (SSSR count). The summed E-state index contributed by atoms with van der Waals surface area (Å²) >= 11 is 5.94. The lowest BCUT2D eigenvalue weighted by Crippen LogP contribution is -2.18. The standard InChI is InChI=1S/C10H9ClN2/c11-8-3-1-2-4-9(8)13-10(7-12)5-6-10/h1-4,13H,5-6H2. The fourth-order valence-electron chi connectivity index (χ4n) is 1.21. The van der Waals surface area contributed by atoms with Gasteiger partial charge in [0.15, 0.2) is 0 Å². The molecule has 0 aliphatic heterocycles. The Labute approximate surface area is 82.1 Å². The Balaban J connectivity index is 2.20. The highest BCUT2D eigenvalue weighted by atomic mass is 35.5. The van der Waals surface area contributed by atoms with Crippen LogP contribution in [-0.4, -0.2) is 5.54 Å². The van der Waals surface area contributed by atoms with Crippen molar-refractivity contribution in [1.82, 2.24) is 0 Å². The van der Waals surface area contributed by atoms with Crippen molar-refractivity contribution in [3.63, 3.8) is 0 Å². The van der Waals surface area contributed by atoms with Crippen LogP contribution in [0.25, 0.3) is 0 Å². The van der Waals surface area contributed by atoms with E-state index in [1.807, 2.05) is 24.3 Å². The number of nitrogens with zero attached hydrogens (tertiary/aromatic N) is 1. The number of nitriles is 1. The lowest BCUT2D eigenvalue weighted by atomic mass is 10.2. The van der Waals surface area contributed by atoms with Gasteiger partial charge in [-0.25, -0.2) is 0 Å². The highest BCUT2D eigenvalue weighted by Gasteiger charge is 2.43. The maximum Gasteiger partial charge on any atom is 0.125 e. The minimum absolute atomic E-state index is 0.342. The minimum atomic E-state index is -0.342. The molecule has 1 saturated carbocycles. The number of hydrogen-bond donors (Lipinski definition) is 1. The summed E-state index contributed by atoms with van der Waals surface area (Å²) in [7, 11) is 0. The van der Waals surface area contributed by atoms with Gasteiger partial charge in [-0.05, 0) is 25.0 Å². The van der Waals surface area contributed by atoms with Crippen molar-refractivity contribution in [2.24, 2.45) is 0 Å². The molecule has 0 aromatic heterocycles. The van der Waals surface area contributed by atoms with Crippen molar-refractivity contribution in [3.05, 3.63) is 29.3 Å². The lowest BCUT2D eigenvalue weighted by Gasteiger charge is -2.11. The van der Waals surface area contributed by atoms with Gasteiger partial charge in [0.1, 0.15) is 5.54 Å². The van der Waals surface area contributed by atoms with Gasteiger partial charge in [0, 0.05) is 0 Å². The summed E-state index contributed by atoms with van der Waals surface area (Å²) in [4.78, 5) is 0. The topological polar surface area (TPSA) is 35.8 Å². The second-order valence-corrected chi connectivity index (χ2v) is 3.71. The number of halogens is 1. The van der Waals surface area contributed by atoms with Crippen LogP contribution in [0, 0.1) is 11.3 Å². The molecule has 1 aromatic carbocycles. The van der Waals surface area contributed by atoms with Crippen LogP contribution < -0.4 is 5.32 Å². The maximum absolute atomic E-state index is 8.85. The molecule has 1 aliphatic rings. The fourth-order valence-corrected chi connectivity index (χ4v) is 1.39. The summed E-state index contributed by atoms with van der Waals surface area (Å²) in [6, 6.07) is 9.74.